The Kier molecular flexibility index (Phi) is 4.49. The lowest BCUT2D eigenvalue weighted by atomic mass is 10.1. The van der Waals surface area contributed by atoms with Crippen molar-refractivity contribution in [1.82, 2.24) is 0 Å². The molecule has 0 heterocycles. The number of amides is 1. The van der Waals surface area contributed by atoms with Crippen LogP contribution in [0.25, 0.3) is 0 Å². The second-order valence-corrected chi connectivity index (χ2v) is 4.01. The zero-order valence-corrected chi connectivity index (χ0v) is 10.6. The Morgan fingerprint density at radius 3 is 2.69 bits per heavy atom. The minimum atomic E-state index is -0.563. The maximum atomic E-state index is 11.3. The van der Waals surface area contributed by atoms with Crippen molar-refractivity contribution in [2.75, 3.05) is 11.9 Å². The summed E-state index contributed by atoms with van der Waals surface area (Å²) in [5.74, 6) is -0.118. The van der Waals surface area contributed by atoms with E-state index in [1.165, 1.54) is 6.92 Å². The summed E-state index contributed by atoms with van der Waals surface area (Å²) in [5, 5.41) is 2.52. The van der Waals surface area contributed by atoms with E-state index < -0.39 is 6.09 Å². The van der Waals surface area contributed by atoms with Crippen LogP contribution in [0.2, 0.25) is 0 Å². The molecule has 0 saturated carbocycles. The van der Waals surface area contributed by atoms with Crippen LogP contribution in [0, 0.1) is 0 Å². The van der Waals surface area contributed by atoms with Crippen molar-refractivity contribution >= 4 is 33.5 Å². The van der Waals surface area contributed by atoms with E-state index in [-0.39, 0.29) is 12.4 Å². The van der Waals surface area contributed by atoms with Crippen molar-refractivity contribution in [3.05, 3.63) is 28.2 Å². The molecule has 16 heavy (non-hydrogen) atoms. The molecule has 1 N–H and O–H groups in total. The van der Waals surface area contributed by atoms with Gasteiger partial charge in [-0.2, -0.15) is 0 Å². The SMILES string of the molecule is CCOC(=O)Nc1ccc(Br)cc1C(C)=O. The van der Waals surface area contributed by atoms with E-state index in [0.29, 0.717) is 11.3 Å². The highest BCUT2D eigenvalue weighted by Crippen LogP contribution is 2.21. The largest absolute Gasteiger partial charge is 0.450 e. The molecule has 1 aromatic carbocycles. The van der Waals surface area contributed by atoms with Gasteiger partial charge in [-0.3, -0.25) is 10.1 Å². The van der Waals surface area contributed by atoms with Crippen LogP contribution in [0.4, 0.5) is 10.5 Å². The summed E-state index contributed by atoms with van der Waals surface area (Å²) in [6, 6.07) is 5.05. The fourth-order valence-corrected chi connectivity index (χ4v) is 1.55. The third-order valence-corrected chi connectivity index (χ3v) is 2.37. The van der Waals surface area contributed by atoms with Crippen LogP contribution in [0.15, 0.2) is 22.7 Å². The van der Waals surface area contributed by atoms with E-state index in [1.807, 2.05) is 0 Å². The molecule has 0 aromatic heterocycles. The van der Waals surface area contributed by atoms with Gasteiger partial charge in [0.1, 0.15) is 0 Å². The summed E-state index contributed by atoms with van der Waals surface area (Å²) >= 11 is 3.27. The van der Waals surface area contributed by atoms with Crippen LogP contribution in [-0.2, 0) is 4.74 Å². The third kappa shape index (κ3) is 3.34. The van der Waals surface area contributed by atoms with Gasteiger partial charge in [-0.05, 0) is 32.0 Å². The monoisotopic (exact) mass is 285 g/mol. The van der Waals surface area contributed by atoms with Crippen LogP contribution in [-0.4, -0.2) is 18.5 Å². The Morgan fingerprint density at radius 2 is 2.12 bits per heavy atom. The fraction of sp³-hybridized carbons (Fsp3) is 0.273. The number of carbonyl (C=O) groups excluding carboxylic acids is 2. The van der Waals surface area contributed by atoms with E-state index in [4.69, 9.17) is 4.74 Å². The van der Waals surface area contributed by atoms with E-state index in [1.54, 1.807) is 25.1 Å². The maximum Gasteiger partial charge on any atom is 0.411 e. The van der Waals surface area contributed by atoms with Crippen LogP contribution in [0.1, 0.15) is 24.2 Å². The normalized spacial score (nSPS) is 9.69. The predicted molar refractivity (Wildman–Crippen MR) is 64.8 cm³/mol. The Labute approximate surface area is 102 Å². The second-order valence-electron chi connectivity index (χ2n) is 3.09. The van der Waals surface area contributed by atoms with Gasteiger partial charge < -0.3 is 4.74 Å². The highest BCUT2D eigenvalue weighted by Gasteiger charge is 2.10. The minimum Gasteiger partial charge on any atom is -0.450 e. The van der Waals surface area contributed by atoms with Crippen molar-refractivity contribution < 1.29 is 14.3 Å². The summed E-state index contributed by atoms with van der Waals surface area (Å²) in [6.45, 7) is 3.45. The highest BCUT2D eigenvalue weighted by atomic mass is 79.9. The van der Waals surface area contributed by atoms with Gasteiger partial charge in [0.25, 0.3) is 0 Å². The minimum absolute atomic E-state index is 0.118. The first-order valence-corrected chi connectivity index (χ1v) is 5.58. The molecular weight excluding hydrogens is 274 g/mol. The quantitative estimate of drug-likeness (QED) is 0.868. The molecule has 0 unspecified atom stereocenters. The van der Waals surface area contributed by atoms with Gasteiger partial charge in [-0.1, -0.05) is 15.9 Å². The number of anilines is 1. The molecule has 0 aliphatic rings. The van der Waals surface area contributed by atoms with Gasteiger partial charge in [0.2, 0.25) is 0 Å². The zero-order valence-electron chi connectivity index (χ0n) is 9.04. The summed E-state index contributed by atoms with van der Waals surface area (Å²) < 4.78 is 5.52. The molecule has 0 bridgehead atoms. The number of benzene rings is 1. The molecule has 1 amide bonds. The molecule has 0 aliphatic carbocycles. The predicted octanol–water partition coefficient (Wildman–Crippen LogP) is 3.22. The molecule has 0 saturated heterocycles. The van der Waals surface area contributed by atoms with Gasteiger partial charge in [0.15, 0.2) is 5.78 Å². The number of hydrogen-bond donors (Lipinski definition) is 1. The lowest BCUT2D eigenvalue weighted by Gasteiger charge is -2.09. The zero-order chi connectivity index (χ0) is 12.1. The molecule has 0 spiro atoms. The Hall–Kier alpha value is -1.36. The number of ketones is 1. The average molecular weight is 286 g/mol. The Balaban J connectivity index is 2.95. The molecule has 1 aromatic rings. The van der Waals surface area contributed by atoms with Gasteiger partial charge in [-0.15, -0.1) is 0 Å². The number of halogens is 1. The molecule has 0 atom stereocenters. The van der Waals surface area contributed by atoms with E-state index >= 15 is 0 Å². The first kappa shape index (κ1) is 12.7. The summed E-state index contributed by atoms with van der Waals surface area (Å²) in [4.78, 5) is 22.6. The Morgan fingerprint density at radius 1 is 1.44 bits per heavy atom. The molecule has 4 nitrogen and oxygen atoms in total. The van der Waals surface area contributed by atoms with Crippen molar-refractivity contribution in [1.29, 1.82) is 0 Å². The number of rotatable bonds is 3. The molecule has 0 radical (unpaired) electrons. The van der Waals surface area contributed by atoms with Crippen molar-refractivity contribution in [2.24, 2.45) is 0 Å². The summed E-state index contributed by atoms with van der Waals surface area (Å²) in [6.07, 6.45) is -0.563. The Bertz CT molecular complexity index is 418. The van der Waals surface area contributed by atoms with Crippen LogP contribution >= 0.6 is 15.9 Å². The molecule has 0 fully saturated rings. The van der Waals surface area contributed by atoms with Crippen molar-refractivity contribution in [3.8, 4) is 0 Å². The number of nitrogens with one attached hydrogen (secondary N) is 1. The smallest absolute Gasteiger partial charge is 0.411 e. The van der Waals surface area contributed by atoms with E-state index in [9.17, 15) is 9.59 Å². The highest BCUT2D eigenvalue weighted by molar-refractivity contribution is 9.10. The van der Waals surface area contributed by atoms with E-state index in [2.05, 4.69) is 21.2 Å². The number of carbonyl (C=O) groups is 2. The molecular formula is C11H12BrNO3. The molecule has 0 aliphatic heterocycles. The van der Waals surface area contributed by atoms with Crippen molar-refractivity contribution in [2.45, 2.75) is 13.8 Å². The maximum absolute atomic E-state index is 11.3. The lowest BCUT2D eigenvalue weighted by Crippen LogP contribution is -2.15. The number of hydrogen-bond acceptors (Lipinski definition) is 3. The first-order valence-electron chi connectivity index (χ1n) is 4.79. The van der Waals surface area contributed by atoms with Crippen LogP contribution in [0.5, 0.6) is 0 Å². The summed E-state index contributed by atoms with van der Waals surface area (Å²) in [7, 11) is 0. The summed E-state index contributed by atoms with van der Waals surface area (Å²) in [5.41, 5.74) is 0.900. The van der Waals surface area contributed by atoms with Gasteiger partial charge in [-0.25, -0.2) is 4.79 Å². The second kappa shape index (κ2) is 5.65. The fourth-order valence-electron chi connectivity index (χ4n) is 1.19. The number of ether oxygens (including phenoxy) is 1. The van der Waals surface area contributed by atoms with Gasteiger partial charge in [0.05, 0.1) is 12.3 Å². The molecule has 86 valence electrons. The third-order valence-electron chi connectivity index (χ3n) is 1.87. The number of Topliss-reactive ketones (excluding diaryl/α,β-unsaturated/α-hetero) is 1. The first-order chi connectivity index (χ1) is 7.54. The topological polar surface area (TPSA) is 55.4 Å². The van der Waals surface area contributed by atoms with Gasteiger partial charge in [0, 0.05) is 10.0 Å². The molecule has 5 heteroatoms. The van der Waals surface area contributed by atoms with Crippen LogP contribution < -0.4 is 5.32 Å². The lowest BCUT2D eigenvalue weighted by molar-refractivity contribution is 0.101. The van der Waals surface area contributed by atoms with E-state index in [0.717, 1.165) is 4.47 Å². The van der Waals surface area contributed by atoms with Crippen molar-refractivity contribution in [3.63, 3.8) is 0 Å². The average Bonchev–Trinajstić information content (AvgIpc) is 2.20. The van der Waals surface area contributed by atoms with Crippen LogP contribution in [0.3, 0.4) is 0 Å². The standard InChI is InChI=1S/C11H12BrNO3/c1-3-16-11(15)13-10-5-4-8(12)6-9(10)7(2)14/h4-6H,3H2,1-2H3,(H,13,15). The molecule has 1 rings (SSSR count). The van der Waals surface area contributed by atoms with Gasteiger partial charge >= 0.3 is 6.09 Å².